The number of methoxy groups -OCH3 is 1. The molecule has 0 N–H and O–H groups in total. The molecule has 1 aliphatic rings. The second kappa shape index (κ2) is 7.29. The zero-order chi connectivity index (χ0) is 13.5. The monoisotopic (exact) mass is 262 g/mol. The number of esters is 1. The molecule has 1 aromatic carbocycles. The largest absolute Gasteiger partial charge is 0.469 e. The highest BCUT2D eigenvalue weighted by Gasteiger charge is 2.34. The first-order valence-electron chi connectivity index (χ1n) is 6.99. The van der Waals surface area contributed by atoms with Crippen molar-refractivity contribution in [3.8, 4) is 0 Å². The molecular weight excluding hydrogens is 240 g/mol. The molecule has 1 aromatic rings. The predicted octanol–water partition coefficient (Wildman–Crippen LogP) is 3.18. The summed E-state index contributed by atoms with van der Waals surface area (Å²) in [5, 5.41) is 0. The second-order valence-electron chi connectivity index (χ2n) is 5.24. The van der Waals surface area contributed by atoms with Gasteiger partial charge in [0.2, 0.25) is 0 Å². The summed E-state index contributed by atoms with van der Waals surface area (Å²) in [5.74, 6) is 0.793. The molecule has 2 rings (SSSR count). The van der Waals surface area contributed by atoms with E-state index in [9.17, 15) is 4.79 Å². The zero-order valence-electron chi connectivity index (χ0n) is 11.5. The number of carbonyl (C=O) groups is 1. The van der Waals surface area contributed by atoms with E-state index in [1.807, 2.05) is 18.2 Å². The summed E-state index contributed by atoms with van der Waals surface area (Å²) in [6.07, 6.45) is 4.21. The molecule has 19 heavy (non-hydrogen) atoms. The maximum absolute atomic E-state index is 11.2. The first-order valence-corrected chi connectivity index (χ1v) is 6.99. The fraction of sp³-hybridized carbons (Fsp3) is 0.562. The van der Waals surface area contributed by atoms with Crippen molar-refractivity contribution >= 4 is 5.97 Å². The normalized spacial score (nSPS) is 21.7. The van der Waals surface area contributed by atoms with Crippen LogP contribution in [0.5, 0.6) is 0 Å². The van der Waals surface area contributed by atoms with Crippen molar-refractivity contribution in [2.75, 3.05) is 13.7 Å². The average Bonchev–Trinajstić information content (AvgIpc) is 2.41. The molecule has 3 heteroatoms. The topological polar surface area (TPSA) is 35.5 Å². The van der Waals surface area contributed by atoms with Gasteiger partial charge in [0.1, 0.15) is 0 Å². The van der Waals surface area contributed by atoms with Gasteiger partial charge in [0, 0.05) is 6.61 Å². The molecular formula is C16H22O3. The molecule has 0 atom stereocenters. The molecule has 0 radical (unpaired) electrons. The van der Waals surface area contributed by atoms with Crippen molar-refractivity contribution in [1.82, 2.24) is 0 Å². The quantitative estimate of drug-likeness (QED) is 0.559. The molecule has 104 valence electrons. The zero-order valence-corrected chi connectivity index (χ0v) is 11.5. The highest BCUT2D eigenvalue weighted by Crippen LogP contribution is 2.37. The van der Waals surface area contributed by atoms with Gasteiger partial charge in [-0.05, 0) is 37.2 Å². The van der Waals surface area contributed by atoms with E-state index in [4.69, 9.17) is 9.47 Å². The van der Waals surface area contributed by atoms with Crippen molar-refractivity contribution in [3.63, 3.8) is 0 Å². The van der Waals surface area contributed by atoms with Gasteiger partial charge >= 0.3 is 5.97 Å². The fourth-order valence-electron chi connectivity index (χ4n) is 2.57. The Morgan fingerprint density at radius 1 is 1.26 bits per heavy atom. The van der Waals surface area contributed by atoms with E-state index in [0.29, 0.717) is 12.5 Å². The van der Waals surface area contributed by atoms with Gasteiger partial charge in [-0.25, -0.2) is 0 Å². The summed E-state index contributed by atoms with van der Waals surface area (Å²) in [7, 11) is 1.47. The number of ether oxygens (including phenoxy) is 2. The molecule has 1 fully saturated rings. The van der Waals surface area contributed by atoms with Crippen LogP contribution in [0, 0.1) is 11.8 Å². The van der Waals surface area contributed by atoms with Crippen molar-refractivity contribution in [3.05, 3.63) is 35.9 Å². The molecule has 1 saturated carbocycles. The summed E-state index contributed by atoms with van der Waals surface area (Å²) in [6, 6.07) is 10.2. The molecule has 0 unspecified atom stereocenters. The fourth-order valence-corrected chi connectivity index (χ4v) is 2.57. The van der Waals surface area contributed by atoms with E-state index in [-0.39, 0.29) is 11.9 Å². The third kappa shape index (κ3) is 4.35. The summed E-state index contributed by atoms with van der Waals surface area (Å²) >= 11 is 0. The predicted molar refractivity (Wildman–Crippen MR) is 73.6 cm³/mol. The third-order valence-corrected chi connectivity index (χ3v) is 3.78. The van der Waals surface area contributed by atoms with Gasteiger partial charge in [0.15, 0.2) is 0 Å². The van der Waals surface area contributed by atoms with Crippen molar-refractivity contribution < 1.29 is 14.3 Å². The number of rotatable bonds is 7. The molecule has 0 aliphatic heterocycles. The Balaban J connectivity index is 1.49. The molecule has 0 heterocycles. The smallest absolute Gasteiger partial charge is 0.308 e. The first kappa shape index (κ1) is 14.1. The average molecular weight is 262 g/mol. The van der Waals surface area contributed by atoms with Crippen LogP contribution in [0.15, 0.2) is 30.3 Å². The minimum Gasteiger partial charge on any atom is -0.469 e. The SMILES string of the molecule is COC(=O)C1CC(CCCOCc2ccccc2)C1. The minimum absolute atomic E-state index is 0.0448. The Morgan fingerprint density at radius 3 is 2.68 bits per heavy atom. The van der Waals surface area contributed by atoms with Gasteiger partial charge in [-0.1, -0.05) is 30.3 Å². The Hall–Kier alpha value is -1.35. The Labute approximate surface area is 114 Å². The Kier molecular flexibility index (Phi) is 5.40. The van der Waals surface area contributed by atoms with Crippen LogP contribution in [-0.2, 0) is 20.9 Å². The maximum atomic E-state index is 11.2. The molecule has 0 bridgehead atoms. The Bertz CT molecular complexity index is 382. The van der Waals surface area contributed by atoms with Gasteiger partial charge in [-0.2, -0.15) is 0 Å². The molecule has 0 amide bonds. The van der Waals surface area contributed by atoms with Crippen molar-refractivity contribution in [2.24, 2.45) is 11.8 Å². The molecule has 0 saturated heterocycles. The second-order valence-corrected chi connectivity index (χ2v) is 5.24. The van der Waals surface area contributed by atoms with Gasteiger partial charge in [-0.15, -0.1) is 0 Å². The van der Waals surface area contributed by atoms with Gasteiger partial charge < -0.3 is 9.47 Å². The summed E-state index contributed by atoms with van der Waals surface area (Å²) < 4.78 is 10.4. The third-order valence-electron chi connectivity index (χ3n) is 3.78. The summed E-state index contributed by atoms with van der Waals surface area (Å²) in [4.78, 5) is 11.2. The van der Waals surface area contributed by atoms with Gasteiger partial charge in [-0.3, -0.25) is 4.79 Å². The molecule has 0 aromatic heterocycles. The van der Waals surface area contributed by atoms with Crippen molar-refractivity contribution in [2.45, 2.75) is 32.3 Å². The first-order chi connectivity index (χ1) is 9.29. The van der Waals surface area contributed by atoms with E-state index < -0.39 is 0 Å². The van der Waals surface area contributed by atoms with E-state index in [2.05, 4.69) is 12.1 Å². The Morgan fingerprint density at radius 2 is 2.00 bits per heavy atom. The van der Waals surface area contributed by atoms with Crippen LogP contribution in [0.4, 0.5) is 0 Å². The lowest BCUT2D eigenvalue weighted by atomic mass is 9.73. The van der Waals surface area contributed by atoms with E-state index in [1.54, 1.807) is 0 Å². The lowest BCUT2D eigenvalue weighted by molar-refractivity contribution is -0.150. The molecule has 0 spiro atoms. The van der Waals surface area contributed by atoms with Crippen molar-refractivity contribution in [1.29, 1.82) is 0 Å². The highest BCUT2D eigenvalue weighted by atomic mass is 16.5. The van der Waals surface area contributed by atoms with Crippen LogP contribution in [0.1, 0.15) is 31.2 Å². The van der Waals surface area contributed by atoms with E-state index >= 15 is 0 Å². The minimum atomic E-state index is -0.0448. The van der Waals surface area contributed by atoms with E-state index in [1.165, 1.54) is 12.7 Å². The van der Waals surface area contributed by atoms with E-state index in [0.717, 1.165) is 32.3 Å². The number of carbonyl (C=O) groups excluding carboxylic acids is 1. The van der Waals surface area contributed by atoms with Gasteiger partial charge in [0.25, 0.3) is 0 Å². The highest BCUT2D eigenvalue weighted by molar-refractivity contribution is 5.73. The van der Waals surface area contributed by atoms with Crippen LogP contribution in [0.2, 0.25) is 0 Å². The number of hydrogen-bond donors (Lipinski definition) is 0. The van der Waals surface area contributed by atoms with Crippen LogP contribution in [0.25, 0.3) is 0 Å². The summed E-state index contributed by atoms with van der Waals surface area (Å²) in [5.41, 5.74) is 1.22. The molecule has 1 aliphatic carbocycles. The maximum Gasteiger partial charge on any atom is 0.308 e. The van der Waals surface area contributed by atoms with Crippen LogP contribution in [-0.4, -0.2) is 19.7 Å². The van der Waals surface area contributed by atoms with Crippen LogP contribution in [0.3, 0.4) is 0 Å². The molecule has 3 nitrogen and oxygen atoms in total. The lowest BCUT2D eigenvalue weighted by Crippen LogP contribution is -2.31. The van der Waals surface area contributed by atoms with Crippen LogP contribution < -0.4 is 0 Å². The van der Waals surface area contributed by atoms with Gasteiger partial charge in [0.05, 0.1) is 19.6 Å². The summed E-state index contributed by atoms with van der Waals surface area (Å²) in [6.45, 7) is 1.49. The number of hydrogen-bond acceptors (Lipinski definition) is 3. The van der Waals surface area contributed by atoms with Crippen LogP contribution >= 0.6 is 0 Å². The lowest BCUT2D eigenvalue weighted by Gasteiger charge is -2.33. The standard InChI is InChI=1S/C16H22O3/c1-18-16(17)15-10-14(11-15)8-5-9-19-12-13-6-3-2-4-7-13/h2-4,6-7,14-15H,5,8-12H2,1H3. The number of benzene rings is 1.